The molecule has 16 rings (SSSR count). The van der Waals surface area contributed by atoms with E-state index in [0.29, 0.717) is 124 Å². The molecular weight excluding hydrogens is 1270 g/mol. The normalized spacial score (nSPS) is 10.8. The maximum Gasteiger partial charge on any atom is 0.323 e. The van der Waals surface area contributed by atoms with Crippen LogP contribution in [0.1, 0.15) is 27.6 Å². The predicted octanol–water partition coefficient (Wildman–Crippen LogP) is 18.1. The van der Waals surface area contributed by atoms with Crippen molar-refractivity contribution in [2.24, 2.45) is 0 Å². The van der Waals surface area contributed by atoms with Crippen LogP contribution in [-0.4, -0.2) is 64.1 Å². The van der Waals surface area contributed by atoms with E-state index >= 15 is 0 Å². The first kappa shape index (κ1) is 64.4. The van der Waals surface area contributed by atoms with Gasteiger partial charge in [0.25, 0.3) is 11.8 Å². The third kappa shape index (κ3) is 15.1. The first-order chi connectivity index (χ1) is 48.7. The van der Waals surface area contributed by atoms with Gasteiger partial charge in [0.05, 0.1) is 22.3 Å². The molecule has 0 aliphatic carbocycles. The fraction of sp³-hybridized carbons (Fsp3) is 0.0127. The number of nitrogens with zero attached hydrogens (tertiary/aromatic N) is 4. The molecule has 5 amide bonds. The zero-order chi connectivity index (χ0) is 69.1. The monoisotopic (exact) mass is 1320 g/mol. The van der Waals surface area contributed by atoms with Crippen molar-refractivity contribution in [3.63, 3.8) is 0 Å². The van der Waals surface area contributed by atoms with Crippen LogP contribution in [0.15, 0.2) is 291 Å². The lowest BCUT2D eigenvalue weighted by Gasteiger charge is -2.09. The number of oxazole rings is 4. The Bertz CT molecular complexity index is 5540. The van der Waals surface area contributed by atoms with Gasteiger partial charge in [0, 0.05) is 46.5 Å². The van der Waals surface area contributed by atoms with Crippen LogP contribution < -0.4 is 26.6 Å². The largest absolute Gasteiger partial charge is 0.507 e. The number of phenols is 4. The molecule has 4 heterocycles. The minimum absolute atomic E-state index is 0.0190. The van der Waals surface area contributed by atoms with Gasteiger partial charge in [-0.2, -0.15) is 0 Å². The molecule has 12 aromatic carbocycles. The molecule has 0 atom stereocenters. The predicted molar refractivity (Wildman–Crippen MR) is 384 cm³/mol. The number of aromatic nitrogens is 4. The van der Waals surface area contributed by atoms with E-state index in [4.69, 9.17) is 17.7 Å². The van der Waals surface area contributed by atoms with Crippen LogP contribution in [0.4, 0.5) is 33.2 Å². The lowest BCUT2D eigenvalue weighted by molar-refractivity contribution is -0.114. The second kappa shape index (κ2) is 29.1. The fourth-order valence-corrected chi connectivity index (χ4v) is 10.5. The van der Waals surface area contributed by atoms with E-state index in [9.17, 15) is 39.6 Å². The molecule has 0 radical (unpaired) electrons. The second-order valence-corrected chi connectivity index (χ2v) is 22.3. The van der Waals surface area contributed by atoms with Crippen LogP contribution in [0.5, 0.6) is 23.0 Å². The van der Waals surface area contributed by atoms with Gasteiger partial charge in [0.2, 0.25) is 29.5 Å². The third-order valence-electron chi connectivity index (χ3n) is 15.3. The Hall–Kier alpha value is -14.3. The van der Waals surface area contributed by atoms with Gasteiger partial charge in [0.15, 0.2) is 22.3 Å². The molecule has 0 fully saturated rings. The highest BCUT2D eigenvalue weighted by Gasteiger charge is 2.20. The molecule has 0 aliphatic rings. The standard InChI is InChI=1S/C24H16N2O3.C20H15N3O3.C20H14N2O3.C15H12N2O3/c27-21-13-12-16(14-19(21)24-26-20-10-3-4-11-22(20)29-24)25-23(28)18-9-5-7-15-6-1-2-8-17(15)18;24-17-11-10-14(22-20(25)21-13-6-2-1-3-7-13)12-15(17)19-23-16-8-4-5-9-18(16)26-19;23-17-11-10-14(21-19(24)13-6-2-1-3-7-13)12-15(17)20-22-16-8-4-5-9-18(16)25-20;1-9(18)16-10-6-7-13(19)11(8-10)15-17-12-4-2-3-5-14(12)20-15/h1-14,27H,(H,25,28);1-12,24H,(H2,21,22,25);1-12,23H,(H,21,24);2-8,19H,1H3,(H,16,18). The lowest BCUT2D eigenvalue weighted by Crippen LogP contribution is -2.19. The third-order valence-corrected chi connectivity index (χ3v) is 15.3. The highest BCUT2D eigenvalue weighted by molar-refractivity contribution is 6.13. The molecule has 4 aromatic heterocycles. The number of benzene rings is 12. The Morgan fingerprint density at radius 1 is 0.310 bits per heavy atom. The zero-order valence-electron chi connectivity index (χ0n) is 52.8. The van der Waals surface area contributed by atoms with Crippen molar-refractivity contribution in [3.8, 4) is 68.8 Å². The number of hydrogen-bond acceptors (Lipinski definition) is 16. The molecular formula is C79H57N9O12. The Labute approximate surface area is 568 Å². The molecule has 0 bridgehead atoms. The number of hydrogen-bond donors (Lipinski definition) is 9. The summed E-state index contributed by atoms with van der Waals surface area (Å²) in [5.74, 6) is 0.691. The van der Waals surface area contributed by atoms with Crippen molar-refractivity contribution in [1.29, 1.82) is 0 Å². The minimum atomic E-state index is -0.384. The Kier molecular flexibility index (Phi) is 18.7. The van der Waals surface area contributed by atoms with Crippen molar-refractivity contribution in [2.45, 2.75) is 6.92 Å². The number of rotatable bonds is 11. The number of anilines is 5. The smallest absolute Gasteiger partial charge is 0.323 e. The molecule has 21 heteroatoms. The fourth-order valence-electron chi connectivity index (χ4n) is 10.5. The van der Waals surface area contributed by atoms with Crippen molar-refractivity contribution >= 4 is 107 Å². The van der Waals surface area contributed by atoms with E-state index in [-0.39, 0.29) is 52.6 Å². The second-order valence-electron chi connectivity index (χ2n) is 22.3. The first-order valence-electron chi connectivity index (χ1n) is 31.0. The maximum atomic E-state index is 12.9. The van der Waals surface area contributed by atoms with Gasteiger partial charge >= 0.3 is 6.03 Å². The SMILES string of the molecule is CC(=O)Nc1ccc(O)c(-c2nc3ccccc3o2)c1.O=C(Nc1ccc(O)c(-c2nc3ccccc3o2)c1)c1cccc2ccccc12.O=C(Nc1ccc(O)c(-c2nc3ccccc3o2)c1)c1ccccc1.O=C(Nc1ccccc1)Nc1ccc(O)c(-c2nc3ccccc3o2)c1. The summed E-state index contributed by atoms with van der Waals surface area (Å²) in [6.07, 6.45) is 0. The van der Waals surface area contributed by atoms with Crippen LogP contribution in [-0.2, 0) is 4.79 Å². The molecule has 21 nitrogen and oxygen atoms in total. The summed E-state index contributed by atoms with van der Waals surface area (Å²) >= 11 is 0. The number of amides is 5. The van der Waals surface area contributed by atoms with Gasteiger partial charge in [-0.15, -0.1) is 0 Å². The lowest BCUT2D eigenvalue weighted by atomic mass is 10.0. The molecule has 0 saturated heterocycles. The van der Waals surface area contributed by atoms with Gasteiger partial charge < -0.3 is 64.7 Å². The summed E-state index contributed by atoms with van der Waals surface area (Å²) in [4.78, 5) is 65.9. The van der Waals surface area contributed by atoms with Crippen LogP contribution in [0.2, 0.25) is 0 Å². The summed E-state index contributed by atoms with van der Waals surface area (Å²) in [6.45, 7) is 1.42. The number of carbonyl (C=O) groups is 4. The molecule has 0 unspecified atom stereocenters. The molecule has 16 aromatic rings. The molecule has 0 spiro atoms. The molecule has 100 heavy (non-hydrogen) atoms. The van der Waals surface area contributed by atoms with Crippen LogP contribution >= 0.6 is 0 Å². The van der Waals surface area contributed by atoms with E-state index in [0.717, 1.165) is 10.8 Å². The number of carbonyl (C=O) groups excluding carboxylic acids is 4. The van der Waals surface area contributed by atoms with Crippen molar-refractivity contribution in [3.05, 3.63) is 284 Å². The molecule has 9 N–H and O–H groups in total. The molecule has 0 aliphatic heterocycles. The van der Waals surface area contributed by atoms with Gasteiger partial charge in [-0.1, -0.05) is 121 Å². The Morgan fingerprint density at radius 3 is 1.05 bits per heavy atom. The molecule has 490 valence electrons. The minimum Gasteiger partial charge on any atom is -0.507 e. The zero-order valence-corrected chi connectivity index (χ0v) is 52.8. The van der Waals surface area contributed by atoms with E-state index in [1.807, 2.05) is 146 Å². The summed E-state index contributed by atoms with van der Waals surface area (Å²) in [6, 6.07) is 79.5. The van der Waals surface area contributed by atoms with Crippen molar-refractivity contribution in [1.82, 2.24) is 19.9 Å². The highest BCUT2D eigenvalue weighted by Crippen LogP contribution is 2.38. The number of aromatic hydroxyl groups is 4. The topological polar surface area (TPSA) is 313 Å². The van der Waals surface area contributed by atoms with E-state index < -0.39 is 0 Å². The number of para-hydroxylation sites is 9. The molecule has 0 saturated carbocycles. The quantitative estimate of drug-likeness (QED) is 0.0544. The first-order valence-corrected chi connectivity index (χ1v) is 31.0. The number of urea groups is 1. The summed E-state index contributed by atoms with van der Waals surface area (Å²) < 4.78 is 22.8. The summed E-state index contributed by atoms with van der Waals surface area (Å²) in [7, 11) is 0. The van der Waals surface area contributed by atoms with Crippen molar-refractivity contribution < 1.29 is 57.3 Å². The summed E-state index contributed by atoms with van der Waals surface area (Å²) in [5.41, 5.74) is 11.0. The average Bonchev–Trinajstić information content (AvgIpc) is 1.61. The van der Waals surface area contributed by atoms with Gasteiger partial charge in [-0.3, -0.25) is 14.4 Å². The Balaban J connectivity index is 0.000000120. The van der Waals surface area contributed by atoms with Crippen LogP contribution in [0.3, 0.4) is 0 Å². The van der Waals surface area contributed by atoms with Crippen molar-refractivity contribution in [2.75, 3.05) is 26.6 Å². The number of nitrogens with one attached hydrogen (secondary N) is 5. The Morgan fingerprint density at radius 2 is 0.640 bits per heavy atom. The van der Waals surface area contributed by atoms with Gasteiger partial charge in [-0.05, 0) is 162 Å². The van der Waals surface area contributed by atoms with Gasteiger partial charge in [-0.25, -0.2) is 24.7 Å². The van der Waals surface area contributed by atoms with Gasteiger partial charge in [0.1, 0.15) is 45.1 Å². The van der Waals surface area contributed by atoms with Crippen LogP contribution in [0.25, 0.3) is 101 Å². The number of fused-ring (bicyclic) bond motifs is 5. The van der Waals surface area contributed by atoms with E-state index in [1.165, 1.54) is 31.2 Å². The maximum absolute atomic E-state index is 12.9. The summed E-state index contributed by atoms with van der Waals surface area (Å²) in [5, 5.41) is 56.2. The van der Waals surface area contributed by atoms with E-state index in [1.54, 1.807) is 103 Å². The van der Waals surface area contributed by atoms with E-state index in [2.05, 4.69) is 46.5 Å². The highest BCUT2D eigenvalue weighted by atomic mass is 16.4. The number of phenolic OH excluding ortho intramolecular Hbond substituents is 4. The van der Waals surface area contributed by atoms with Crippen LogP contribution in [0, 0.1) is 0 Å². The average molecular weight is 1320 g/mol.